The maximum absolute atomic E-state index is 11.4. The van der Waals surface area contributed by atoms with Gasteiger partial charge in [0.25, 0.3) is 5.56 Å². The Labute approximate surface area is 79.5 Å². The Hall–Kier alpha value is -0.770. The highest BCUT2D eigenvalue weighted by atomic mass is 79.9. The minimum absolute atomic E-state index is 0.0000463. The average Bonchev–Trinajstić information content (AvgIpc) is 2.00. The lowest BCUT2D eigenvalue weighted by atomic mass is 10.4. The van der Waals surface area contributed by atoms with Gasteiger partial charge >= 0.3 is 0 Å². The predicted octanol–water partition coefficient (Wildman–Crippen LogP) is 1.58. The summed E-state index contributed by atoms with van der Waals surface area (Å²) in [5.74, 6) is 0. The second-order valence-electron chi connectivity index (χ2n) is 2.52. The van der Waals surface area contributed by atoms with Gasteiger partial charge in [0, 0.05) is 24.3 Å². The van der Waals surface area contributed by atoms with Gasteiger partial charge in [-0.1, -0.05) is 0 Å². The van der Waals surface area contributed by atoms with E-state index in [4.69, 9.17) is 0 Å². The minimum Gasteiger partial charge on any atom is -0.381 e. The third kappa shape index (κ3) is 1.88. The topological polar surface area (TPSA) is 34.0 Å². The lowest BCUT2D eigenvalue weighted by Crippen LogP contribution is -2.20. The molecule has 0 aliphatic carbocycles. The number of nitrogens with one attached hydrogen (secondary N) is 1. The Morgan fingerprint density at radius 2 is 2.33 bits per heavy atom. The van der Waals surface area contributed by atoms with Gasteiger partial charge in [-0.3, -0.25) is 4.79 Å². The normalized spacial score (nSPS) is 9.92. The van der Waals surface area contributed by atoms with E-state index in [1.54, 1.807) is 23.9 Å². The average molecular weight is 231 g/mol. The van der Waals surface area contributed by atoms with E-state index in [-0.39, 0.29) is 5.56 Å². The van der Waals surface area contributed by atoms with Crippen LogP contribution < -0.4 is 10.9 Å². The van der Waals surface area contributed by atoms with E-state index in [2.05, 4.69) is 21.2 Å². The molecular formula is C8H11BrN2O. The summed E-state index contributed by atoms with van der Waals surface area (Å²) in [5.41, 5.74) is 0.634. The third-order valence-corrected chi connectivity index (χ3v) is 1.95. The molecule has 0 saturated heterocycles. The molecule has 0 amide bonds. The van der Waals surface area contributed by atoms with Crippen LogP contribution in [-0.2, 0) is 7.05 Å². The number of aryl methyl sites for hydroxylation is 1. The van der Waals surface area contributed by atoms with Crippen LogP contribution in [0, 0.1) is 0 Å². The van der Waals surface area contributed by atoms with Gasteiger partial charge in [-0.25, -0.2) is 0 Å². The number of aromatic nitrogens is 1. The maximum Gasteiger partial charge on any atom is 0.273 e. The number of anilines is 1. The van der Waals surface area contributed by atoms with E-state index in [1.165, 1.54) is 0 Å². The SMILES string of the molecule is CCNc1cc(Br)cn(C)c1=O. The molecule has 0 unspecified atom stereocenters. The van der Waals surface area contributed by atoms with Crippen molar-refractivity contribution in [3.63, 3.8) is 0 Å². The van der Waals surface area contributed by atoms with Crippen LogP contribution in [0.25, 0.3) is 0 Å². The highest BCUT2D eigenvalue weighted by Crippen LogP contribution is 2.10. The largest absolute Gasteiger partial charge is 0.381 e. The Morgan fingerprint density at radius 3 is 2.92 bits per heavy atom. The fraction of sp³-hybridized carbons (Fsp3) is 0.375. The molecule has 12 heavy (non-hydrogen) atoms. The summed E-state index contributed by atoms with van der Waals surface area (Å²) in [7, 11) is 1.73. The van der Waals surface area contributed by atoms with Crippen LogP contribution in [0.1, 0.15) is 6.92 Å². The second kappa shape index (κ2) is 3.76. The molecule has 0 aliphatic rings. The lowest BCUT2D eigenvalue weighted by Gasteiger charge is -2.05. The van der Waals surface area contributed by atoms with Crippen LogP contribution in [0.3, 0.4) is 0 Å². The van der Waals surface area contributed by atoms with Crippen molar-refractivity contribution in [3.8, 4) is 0 Å². The van der Waals surface area contributed by atoms with Crippen molar-refractivity contribution >= 4 is 21.6 Å². The van der Waals surface area contributed by atoms with E-state index in [0.717, 1.165) is 11.0 Å². The van der Waals surface area contributed by atoms with Gasteiger partial charge in [0.1, 0.15) is 5.69 Å². The van der Waals surface area contributed by atoms with Crippen LogP contribution in [0.4, 0.5) is 5.69 Å². The first kappa shape index (κ1) is 9.32. The molecule has 1 rings (SSSR count). The number of halogens is 1. The fourth-order valence-electron chi connectivity index (χ4n) is 0.988. The standard InChI is InChI=1S/C8H11BrN2O/c1-3-10-7-4-6(9)5-11(2)8(7)12/h4-5,10H,3H2,1-2H3. The van der Waals surface area contributed by atoms with Crippen molar-refractivity contribution in [2.45, 2.75) is 6.92 Å². The summed E-state index contributed by atoms with van der Waals surface area (Å²) in [6.07, 6.45) is 1.74. The van der Waals surface area contributed by atoms with E-state index < -0.39 is 0 Å². The van der Waals surface area contributed by atoms with Crippen LogP contribution in [0.5, 0.6) is 0 Å². The summed E-state index contributed by atoms with van der Waals surface area (Å²) >= 11 is 3.32. The van der Waals surface area contributed by atoms with Gasteiger partial charge in [-0.2, -0.15) is 0 Å². The van der Waals surface area contributed by atoms with Gasteiger partial charge in [-0.15, -0.1) is 0 Å². The van der Waals surface area contributed by atoms with Crippen LogP contribution in [0.2, 0.25) is 0 Å². The Kier molecular flexibility index (Phi) is 2.92. The first-order valence-electron chi connectivity index (χ1n) is 3.75. The molecule has 0 saturated carbocycles. The maximum atomic E-state index is 11.4. The zero-order valence-electron chi connectivity index (χ0n) is 7.10. The van der Waals surface area contributed by atoms with E-state index in [0.29, 0.717) is 5.69 Å². The van der Waals surface area contributed by atoms with Gasteiger partial charge in [0.05, 0.1) is 0 Å². The van der Waals surface area contributed by atoms with Crippen LogP contribution >= 0.6 is 15.9 Å². The Bertz CT molecular complexity index is 332. The van der Waals surface area contributed by atoms with Crippen molar-refractivity contribution in [3.05, 3.63) is 27.1 Å². The number of hydrogen-bond donors (Lipinski definition) is 1. The second-order valence-corrected chi connectivity index (χ2v) is 3.43. The Morgan fingerprint density at radius 1 is 1.67 bits per heavy atom. The van der Waals surface area contributed by atoms with E-state index in [9.17, 15) is 4.79 Å². The highest BCUT2D eigenvalue weighted by Gasteiger charge is 2.00. The first-order valence-corrected chi connectivity index (χ1v) is 4.54. The van der Waals surface area contributed by atoms with Crippen molar-refractivity contribution in [2.24, 2.45) is 7.05 Å². The molecular weight excluding hydrogens is 220 g/mol. The quantitative estimate of drug-likeness (QED) is 0.838. The van der Waals surface area contributed by atoms with Gasteiger partial charge in [0.2, 0.25) is 0 Å². The summed E-state index contributed by atoms with van der Waals surface area (Å²) in [5, 5.41) is 2.99. The highest BCUT2D eigenvalue weighted by molar-refractivity contribution is 9.10. The van der Waals surface area contributed by atoms with Crippen molar-refractivity contribution in [1.82, 2.24) is 4.57 Å². The molecule has 0 spiro atoms. The molecule has 0 bridgehead atoms. The zero-order valence-corrected chi connectivity index (χ0v) is 8.68. The molecule has 0 fully saturated rings. The monoisotopic (exact) mass is 230 g/mol. The fourth-order valence-corrected chi connectivity index (χ4v) is 1.52. The van der Waals surface area contributed by atoms with Crippen LogP contribution in [0.15, 0.2) is 21.5 Å². The van der Waals surface area contributed by atoms with Crippen molar-refractivity contribution in [1.29, 1.82) is 0 Å². The third-order valence-electron chi connectivity index (χ3n) is 1.52. The van der Waals surface area contributed by atoms with Crippen molar-refractivity contribution < 1.29 is 0 Å². The van der Waals surface area contributed by atoms with Crippen LogP contribution in [-0.4, -0.2) is 11.1 Å². The molecule has 0 aromatic carbocycles. The molecule has 0 aliphatic heterocycles. The van der Waals surface area contributed by atoms with Crippen molar-refractivity contribution in [2.75, 3.05) is 11.9 Å². The molecule has 3 nitrogen and oxygen atoms in total. The number of rotatable bonds is 2. The molecule has 1 heterocycles. The molecule has 66 valence electrons. The van der Waals surface area contributed by atoms with Gasteiger partial charge in [-0.05, 0) is 28.9 Å². The smallest absolute Gasteiger partial charge is 0.273 e. The summed E-state index contributed by atoms with van der Waals surface area (Å²) in [6, 6.07) is 1.78. The molecule has 1 aromatic rings. The lowest BCUT2D eigenvalue weighted by molar-refractivity contribution is 0.855. The van der Waals surface area contributed by atoms with Gasteiger partial charge < -0.3 is 9.88 Å². The Balaban J connectivity index is 3.19. The predicted molar refractivity (Wildman–Crippen MR) is 53.5 cm³/mol. The van der Waals surface area contributed by atoms with E-state index >= 15 is 0 Å². The summed E-state index contributed by atoms with van der Waals surface area (Å²) in [4.78, 5) is 11.4. The molecule has 0 atom stereocenters. The number of pyridine rings is 1. The number of hydrogen-bond acceptors (Lipinski definition) is 2. The summed E-state index contributed by atoms with van der Waals surface area (Å²) in [6.45, 7) is 2.71. The number of nitrogens with zero attached hydrogens (tertiary/aromatic N) is 1. The van der Waals surface area contributed by atoms with E-state index in [1.807, 2.05) is 6.92 Å². The zero-order chi connectivity index (χ0) is 9.14. The molecule has 1 N–H and O–H groups in total. The molecule has 4 heteroatoms. The first-order chi connectivity index (χ1) is 5.65. The summed E-state index contributed by atoms with van der Waals surface area (Å²) < 4.78 is 2.45. The molecule has 0 radical (unpaired) electrons. The minimum atomic E-state index is 0.0000463. The molecule has 1 aromatic heterocycles. The van der Waals surface area contributed by atoms with Gasteiger partial charge in [0.15, 0.2) is 0 Å².